The van der Waals surface area contributed by atoms with Crippen molar-refractivity contribution in [3.63, 3.8) is 0 Å². The van der Waals surface area contributed by atoms with Crippen molar-refractivity contribution in [1.82, 2.24) is 15.1 Å². The fraction of sp³-hybridized carbons (Fsp3) is 0.158. The third-order valence-electron chi connectivity index (χ3n) is 3.73. The van der Waals surface area contributed by atoms with Gasteiger partial charge in [-0.05, 0) is 47.7 Å². The number of carbonyl (C=O) groups is 1. The highest BCUT2D eigenvalue weighted by Crippen LogP contribution is 2.17. The Morgan fingerprint density at radius 3 is 2.44 bits per heavy atom. The number of thioether (sulfide) groups is 1. The summed E-state index contributed by atoms with van der Waals surface area (Å²) in [7, 11) is 0. The number of nitrogens with zero attached hydrogens (tertiary/aromatic N) is 2. The predicted molar refractivity (Wildman–Crippen MR) is 102 cm³/mol. The molecule has 1 aromatic heterocycles. The zero-order valence-electron chi connectivity index (χ0n) is 14.0. The van der Waals surface area contributed by atoms with Crippen molar-refractivity contribution in [3.05, 3.63) is 78.1 Å². The Balaban J connectivity index is 1.48. The molecule has 6 heteroatoms. The summed E-state index contributed by atoms with van der Waals surface area (Å²) in [5.41, 5.74) is 3.01. The van der Waals surface area contributed by atoms with Crippen molar-refractivity contribution in [1.29, 1.82) is 0 Å². The highest BCUT2D eigenvalue weighted by molar-refractivity contribution is 7.98. The highest BCUT2D eigenvalue weighted by Gasteiger charge is 2.02. The lowest BCUT2D eigenvalue weighted by Gasteiger charge is -2.09. The summed E-state index contributed by atoms with van der Waals surface area (Å²) < 4.78 is 1.88. The minimum atomic E-state index is -0.211. The number of benzene rings is 2. The first kappa shape index (κ1) is 17.1. The van der Waals surface area contributed by atoms with Gasteiger partial charge in [0.05, 0.1) is 6.54 Å². The molecule has 0 spiro atoms. The smallest absolute Gasteiger partial charge is 0.319 e. The molecule has 2 aromatic carbocycles. The van der Waals surface area contributed by atoms with Crippen molar-refractivity contribution < 1.29 is 4.79 Å². The number of hydrogen-bond donors (Lipinski definition) is 2. The van der Waals surface area contributed by atoms with Crippen molar-refractivity contribution in [3.8, 4) is 0 Å². The van der Waals surface area contributed by atoms with Gasteiger partial charge in [-0.25, -0.2) is 4.79 Å². The average molecular weight is 352 g/mol. The van der Waals surface area contributed by atoms with Crippen LogP contribution < -0.4 is 10.6 Å². The van der Waals surface area contributed by atoms with Gasteiger partial charge < -0.3 is 10.6 Å². The van der Waals surface area contributed by atoms with Crippen LogP contribution in [0.1, 0.15) is 11.1 Å². The van der Waals surface area contributed by atoms with Gasteiger partial charge in [-0.15, -0.1) is 11.8 Å². The van der Waals surface area contributed by atoms with Crippen LogP contribution in [0.4, 0.5) is 10.5 Å². The lowest BCUT2D eigenvalue weighted by atomic mass is 10.1. The van der Waals surface area contributed by atoms with Gasteiger partial charge in [-0.3, -0.25) is 4.68 Å². The van der Waals surface area contributed by atoms with E-state index in [1.807, 2.05) is 59.6 Å². The first-order valence-corrected chi connectivity index (χ1v) is 9.19. The van der Waals surface area contributed by atoms with Crippen molar-refractivity contribution >= 4 is 23.5 Å². The van der Waals surface area contributed by atoms with Gasteiger partial charge in [0.15, 0.2) is 0 Å². The van der Waals surface area contributed by atoms with E-state index in [4.69, 9.17) is 0 Å². The molecule has 0 aliphatic rings. The van der Waals surface area contributed by atoms with Gasteiger partial charge in [-0.2, -0.15) is 5.10 Å². The van der Waals surface area contributed by atoms with Gasteiger partial charge in [0.1, 0.15) is 0 Å². The molecule has 0 saturated carbocycles. The molecule has 0 fully saturated rings. The highest BCUT2D eigenvalue weighted by atomic mass is 32.2. The first-order chi connectivity index (χ1) is 12.2. The van der Waals surface area contributed by atoms with Gasteiger partial charge in [0.25, 0.3) is 0 Å². The largest absolute Gasteiger partial charge is 0.334 e. The van der Waals surface area contributed by atoms with E-state index in [2.05, 4.69) is 27.9 Å². The van der Waals surface area contributed by atoms with E-state index in [0.29, 0.717) is 6.54 Å². The zero-order valence-corrected chi connectivity index (χ0v) is 14.8. The van der Waals surface area contributed by atoms with Gasteiger partial charge >= 0.3 is 6.03 Å². The lowest BCUT2D eigenvalue weighted by molar-refractivity contribution is 0.251. The van der Waals surface area contributed by atoms with Crippen LogP contribution in [0.2, 0.25) is 0 Å². The Labute approximate surface area is 151 Å². The fourth-order valence-corrected chi connectivity index (χ4v) is 2.78. The molecule has 0 atom stereocenters. The number of amides is 2. The van der Waals surface area contributed by atoms with E-state index in [1.54, 1.807) is 18.0 Å². The Hall–Kier alpha value is -2.73. The molecule has 0 unspecified atom stereocenters. The van der Waals surface area contributed by atoms with E-state index >= 15 is 0 Å². The maximum absolute atomic E-state index is 12.0. The number of nitrogens with one attached hydrogen (secondary N) is 2. The minimum absolute atomic E-state index is 0.211. The van der Waals surface area contributed by atoms with Crippen LogP contribution in [0.25, 0.3) is 0 Å². The molecule has 25 heavy (non-hydrogen) atoms. The molecule has 128 valence electrons. The number of hydrogen-bond acceptors (Lipinski definition) is 3. The molecule has 3 rings (SSSR count). The van der Waals surface area contributed by atoms with E-state index < -0.39 is 0 Å². The minimum Gasteiger partial charge on any atom is -0.334 e. The predicted octanol–water partition coefficient (Wildman–Crippen LogP) is 3.98. The third kappa shape index (κ3) is 5.12. The van der Waals surface area contributed by atoms with Gasteiger partial charge in [0, 0.05) is 29.5 Å². The Bertz CT molecular complexity index is 798. The van der Waals surface area contributed by atoms with Crippen LogP contribution in [0.5, 0.6) is 0 Å². The Morgan fingerprint density at radius 1 is 1.08 bits per heavy atom. The molecular formula is C19H20N4OS. The molecule has 0 radical (unpaired) electrons. The number of carbonyl (C=O) groups excluding carboxylic acids is 1. The van der Waals surface area contributed by atoms with Crippen LogP contribution in [-0.4, -0.2) is 22.1 Å². The Morgan fingerprint density at radius 2 is 1.80 bits per heavy atom. The summed E-state index contributed by atoms with van der Waals surface area (Å²) in [6.07, 6.45) is 5.73. The first-order valence-electron chi connectivity index (χ1n) is 7.97. The second kappa shape index (κ2) is 8.39. The van der Waals surface area contributed by atoms with Crippen LogP contribution >= 0.6 is 11.8 Å². The molecule has 0 aliphatic carbocycles. The fourth-order valence-electron chi connectivity index (χ4n) is 2.38. The van der Waals surface area contributed by atoms with E-state index in [1.165, 1.54) is 10.5 Å². The maximum atomic E-state index is 12.0. The molecule has 2 amide bonds. The van der Waals surface area contributed by atoms with Crippen LogP contribution in [-0.2, 0) is 13.1 Å². The number of rotatable bonds is 6. The standard InChI is InChI=1S/C19H20N4OS/c1-25-18-9-7-17(8-10-18)22-19(24)20-13-15-3-5-16(6-4-15)14-23-12-2-11-21-23/h2-12H,13-14H2,1H3,(H2,20,22,24). The summed E-state index contributed by atoms with van der Waals surface area (Å²) in [4.78, 5) is 13.1. The molecule has 0 aliphatic heterocycles. The van der Waals surface area contributed by atoms with Crippen molar-refractivity contribution in [2.45, 2.75) is 18.0 Å². The van der Waals surface area contributed by atoms with E-state index in [0.717, 1.165) is 17.8 Å². The SMILES string of the molecule is CSc1ccc(NC(=O)NCc2ccc(Cn3cccn3)cc2)cc1. The molecule has 0 saturated heterocycles. The summed E-state index contributed by atoms with van der Waals surface area (Å²) in [6.45, 7) is 1.23. The van der Waals surface area contributed by atoms with E-state index in [9.17, 15) is 4.79 Å². The van der Waals surface area contributed by atoms with Crippen LogP contribution in [0.15, 0.2) is 71.9 Å². The van der Waals surface area contributed by atoms with Crippen LogP contribution in [0.3, 0.4) is 0 Å². The molecule has 5 nitrogen and oxygen atoms in total. The second-order valence-corrected chi connectivity index (χ2v) is 6.44. The molecule has 1 heterocycles. The second-order valence-electron chi connectivity index (χ2n) is 5.56. The molecule has 3 aromatic rings. The van der Waals surface area contributed by atoms with Crippen LogP contribution in [0, 0.1) is 0 Å². The number of urea groups is 1. The lowest BCUT2D eigenvalue weighted by Crippen LogP contribution is -2.28. The van der Waals surface area contributed by atoms with Gasteiger partial charge in [-0.1, -0.05) is 24.3 Å². The third-order valence-corrected chi connectivity index (χ3v) is 4.47. The monoisotopic (exact) mass is 352 g/mol. The summed E-state index contributed by atoms with van der Waals surface area (Å²) in [5, 5.41) is 9.90. The molecule has 0 bridgehead atoms. The topological polar surface area (TPSA) is 59.0 Å². The van der Waals surface area contributed by atoms with Crippen molar-refractivity contribution in [2.24, 2.45) is 0 Å². The Kier molecular flexibility index (Phi) is 5.74. The average Bonchev–Trinajstić information content (AvgIpc) is 3.15. The summed E-state index contributed by atoms with van der Waals surface area (Å²) >= 11 is 1.67. The molecule has 2 N–H and O–H groups in total. The number of aromatic nitrogens is 2. The quantitative estimate of drug-likeness (QED) is 0.660. The zero-order chi connectivity index (χ0) is 17.5. The molecular weight excluding hydrogens is 332 g/mol. The van der Waals surface area contributed by atoms with Gasteiger partial charge in [0.2, 0.25) is 0 Å². The van der Waals surface area contributed by atoms with Crippen molar-refractivity contribution in [2.75, 3.05) is 11.6 Å². The normalized spacial score (nSPS) is 10.4. The summed E-state index contributed by atoms with van der Waals surface area (Å²) in [5.74, 6) is 0. The number of anilines is 1. The summed E-state index contributed by atoms with van der Waals surface area (Å²) in [6, 6.07) is 17.6. The maximum Gasteiger partial charge on any atom is 0.319 e. The van der Waals surface area contributed by atoms with E-state index in [-0.39, 0.29) is 6.03 Å².